The molecule has 0 saturated carbocycles. The number of unbranched alkanes of at least 4 members (excludes halogenated alkanes) is 2. The largest absolute Gasteiger partial charge is 0.495 e. The number of alkyl halides is 1. The summed E-state index contributed by atoms with van der Waals surface area (Å²) >= 11 is 0. The van der Waals surface area contributed by atoms with E-state index in [0.29, 0.717) is 25.1 Å². The van der Waals surface area contributed by atoms with Crippen LogP contribution < -0.4 is 20.3 Å². The van der Waals surface area contributed by atoms with Gasteiger partial charge in [-0.15, -0.1) is 0 Å². The van der Waals surface area contributed by atoms with Crippen molar-refractivity contribution >= 4 is 17.4 Å². The Morgan fingerprint density at radius 2 is 1.86 bits per heavy atom. The molecule has 1 aromatic carbocycles. The van der Waals surface area contributed by atoms with Crippen LogP contribution in [0.5, 0.6) is 5.75 Å². The van der Waals surface area contributed by atoms with E-state index in [-0.39, 0.29) is 5.91 Å². The number of halogens is 1. The lowest BCUT2D eigenvalue weighted by atomic mass is 10.1. The van der Waals surface area contributed by atoms with Crippen LogP contribution in [0.4, 0.5) is 15.9 Å². The topological polar surface area (TPSA) is 74.9 Å². The molecule has 1 aromatic heterocycles. The van der Waals surface area contributed by atoms with Crippen molar-refractivity contribution in [1.29, 1.82) is 0 Å². The molecular weight excluding hydrogens is 469 g/mol. The number of methoxy groups -OCH3 is 1. The van der Waals surface area contributed by atoms with E-state index in [4.69, 9.17) is 10.5 Å². The summed E-state index contributed by atoms with van der Waals surface area (Å²) in [7, 11) is 1.72. The minimum atomic E-state index is -0.483. The first-order chi connectivity index (χ1) is 18.0. The van der Waals surface area contributed by atoms with Crippen molar-refractivity contribution in [2.75, 3.05) is 69.4 Å². The monoisotopic (exact) mass is 511 g/mol. The van der Waals surface area contributed by atoms with Crippen LogP contribution in [0.25, 0.3) is 0 Å². The minimum absolute atomic E-state index is 0.142. The van der Waals surface area contributed by atoms with E-state index < -0.39 is 6.67 Å². The van der Waals surface area contributed by atoms with Crippen LogP contribution >= 0.6 is 0 Å². The molecule has 2 heterocycles. The van der Waals surface area contributed by atoms with E-state index in [1.807, 2.05) is 41.3 Å². The van der Waals surface area contributed by atoms with Crippen LogP contribution in [0.2, 0.25) is 0 Å². The number of benzene rings is 1. The third-order valence-corrected chi connectivity index (χ3v) is 6.22. The van der Waals surface area contributed by atoms with Crippen molar-refractivity contribution in [3.05, 3.63) is 73.5 Å². The molecule has 1 aliphatic rings. The highest BCUT2D eigenvalue weighted by atomic mass is 19.1. The number of ether oxygens (including phenoxy) is 1. The summed E-state index contributed by atoms with van der Waals surface area (Å²) in [6.45, 7) is 12.1. The Hall–Kier alpha value is -3.23. The molecule has 0 atom stereocenters. The fraction of sp³-hybridized carbons (Fsp3) is 0.448. The number of nitrogens with zero attached hydrogens (tertiary/aromatic N) is 4. The zero-order valence-corrected chi connectivity index (χ0v) is 22.2. The lowest BCUT2D eigenvalue weighted by Gasteiger charge is -2.37. The molecule has 8 heteroatoms. The number of carbonyl (C=O) groups is 1. The smallest absolute Gasteiger partial charge is 0.228 e. The molecule has 0 aliphatic carbocycles. The van der Waals surface area contributed by atoms with E-state index >= 15 is 0 Å². The van der Waals surface area contributed by atoms with Gasteiger partial charge in [-0.25, -0.2) is 9.37 Å². The Morgan fingerprint density at radius 1 is 1.14 bits per heavy atom. The lowest BCUT2D eigenvalue weighted by molar-refractivity contribution is -0.118. The second kappa shape index (κ2) is 17.3. The maximum atomic E-state index is 12.9. The number of aromatic nitrogens is 1. The Labute approximate surface area is 221 Å². The molecule has 2 aromatic rings. The third kappa shape index (κ3) is 10.3. The van der Waals surface area contributed by atoms with E-state index in [9.17, 15) is 9.18 Å². The Morgan fingerprint density at radius 3 is 2.46 bits per heavy atom. The zero-order valence-electron chi connectivity index (χ0n) is 22.2. The number of rotatable bonds is 13. The summed E-state index contributed by atoms with van der Waals surface area (Å²) in [5.41, 5.74) is 7.15. The average Bonchev–Trinajstić information content (AvgIpc) is 2.96. The number of allylic oxidation sites excluding steroid dienone is 2. The summed E-state index contributed by atoms with van der Waals surface area (Å²) in [4.78, 5) is 24.0. The van der Waals surface area contributed by atoms with Crippen LogP contribution in [0, 0.1) is 0 Å². The van der Waals surface area contributed by atoms with E-state index in [1.54, 1.807) is 13.3 Å². The van der Waals surface area contributed by atoms with Crippen molar-refractivity contribution in [2.45, 2.75) is 25.7 Å². The molecule has 1 fully saturated rings. The lowest BCUT2D eigenvalue weighted by Crippen LogP contribution is -2.49. The maximum Gasteiger partial charge on any atom is 0.228 e. The molecule has 3 rings (SSSR count). The minimum Gasteiger partial charge on any atom is -0.495 e. The Balaban J connectivity index is 0.000000717. The number of amides is 1. The van der Waals surface area contributed by atoms with Crippen molar-refractivity contribution in [3.63, 3.8) is 0 Å². The summed E-state index contributed by atoms with van der Waals surface area (Å²) in [6, 6.07) is 13.9. The second-order valence-electron chi connectivity index (χ2n) is 8.83. The van der Waals surface area contributed by atoms with Crippen molar-refractivity contribution in [1.82, 2.24) is 9.88 Å². The standard InChI is InChI=1S/C24H35N5O2.C5H7F/c1-31-22-10-5-4-9-21(22)28-18-15-27(16-19-28)17-20-29(23-11-6-8-14-26-23)24(30)12-3-2-7-13-25;1-3-5(2)4-6/h4-6,8-11,14H,2-3,7,12-13,15-20,25H2,1H3;3H,1-2,4H2. The third-order valence-electron chi connectivity index (χ3n) is 6.22. The predicted octanol–water partition coefficient (Wildman–Crippen LogP) is 4.46. The highest BCUT2D eigenvalue weighted by Crippen LogP contribution is 2.28. The molecule has 0 bridgehead atoms. The molecule has 1 amide bonds. The van der Waals surface area contributed by atoms with Gasteiger partial charge >= 0.3 is 0 Å². The normalized spacial score (nSPS) is 13.3. The van der Waals surface area contributed by atoms with Gasteiger partial charge in [0.25, 0.3) is 0 Å². The number of pyridine rings is 1. The molecule has 7 nitrogen and oxygen atoms in total. The highest BCUT2D eigenvalue weighted by Gasteiger charge is 2.22. The van der Waals surface area contributed by atoms with Gasteiger partial charge in [0.15, 0.2) is 0 Å². The van der Waals surface area contributed by atoms with Gasteiger partial charge in [-0.3, -0.25) is 14.6 Å². The van der Waals surface area contributed by atoms with Gasteiger partial charge in [-0.1, -0.05) is 43.9 Å². The van der Waals surface area contributed by atoms with E-state index in [1.165, 1.54) is 6.08 Å². The number of nitrogens with two attached hydrogens (primary N) is 1. The molecule has 1 aliphatic heterocycles. The molecule has 37 heavy (non-hydrogen) atoms. The molecule has 0 unspecified atom stereocenters. The van der Waals surface area contributed by atoms with Gasteiger partial charge in [0.1, 0.15) is 18.2 Å². The second-order valence-corrected chi connectivity index (χ2v) is 8.83. The summed E-state index contributed by atoms with van der Waals surface area (Å²) in [5, 5.41) is 0. The van der Waals surface area contributed by atoms with Crippen molar-refractivity contribution < 1.29 is 13.9 Å². The molecular formula is C29H42FN5O2. The van der Waals surface area contributed by atoms with E-state index in [0.717, 1.165) is 69.2 Å². The SMILES string of the molecule is C=CC(=C)CF.COc1ccccc1N1CCN(CCN(C(=O)CCCCCN)c2ccccn2)CC1. The zero-order chi connectivity index (χ0) is 26.9. The number of carbonyl (C=O) groups excluding carboxylic acids is 1. The Bertz CT molecular complexity index is 948. The Kier molecular flexibility index (Phi) is 14.0. The van der Waals surface area contributed by atoms with Crippen LogP contribution in [0.15, 0.2) is 73.5 Å². The number of hydrogen-bond donors (Lipinski definition) is 1. The number of para-hydroxylation sites is 2. The summed E-state index contributed by atoms with van der Waals surface area (Å²) < 4.78 is 16.7. The molecule has 0 radical (unpaired) electrons. The fourth-order valence-electron chi connectivity index (χ4n) is 4.01. The summed E-state index contributed by atoms with van der Waals surface area (Å²) in [5.74, 6) is 1.79. The van der Waals surface area contributed by atoms with Crippen molar-refractivity contribution in [2.24, 2.45) is 5.73 Å². The first-order valence-corrected chi connectivity index (χ1v) is 12.9. The maximum absolute atomic E-state index is 12.9. The number of anilines is 2. The highest BCUT2D eigenvalue weighted by molar-refractivity contribution is 5.92. The molecule has 0 spiro atoms. The van der Waals surface area contributed by atoms with Crippen molar-refractivity contribution in [3.8, 4) is 5.75 Å². The van der Waals surface area contributed by atoms with Gasteiger partial charge in [-0.2, -0.15) is 0 Å². The van der Waals surface area contributed by atoms with Gasteiger partial charge in [0.05, 0.1) is 12.8 Å². The first-order valence-electron chi connectivity index (χ1n) is 12.9. The van der Waals surface area contributed by atoms with E-state index in [2.05, 4.69) is 34.0 Å². The average molecular weight is 512 g/mol. The van der Waals surface area contributed by atoms with Crippen LogP contribution in [-0.2, 0) is 4.79 Å². The quantitative estimate of drug-likeness (QED) is 0.316. The van der Waals surface area contributed by atoms with Gasteiger partial charge in [0, 0.05) is 51.9 Å². The first kappa shape index (κ1) is 30.0. The fourth-order valence-corrected chi connectivity index (χ4v) is 4.01. The molecule has 202 valence electrons. The summed E-state index contributed by atoms with van der Waals surface area (Å²) in [6.07, 6.45) is 6.52. The van der Waals surface area contributed by atoms with Crippen LogP contribution in [-0.4, -0.2) is 75.4 Å². The van der Waals surface area contributed by atoms with Crippen LogP contribution in [0.1, 0.15) is 25.7 Å². The van der Waals surface area contributed by atoms with Gasteiger partial charge < -0.3 is 15.4 Å². The number of hydrogen-bond acceptors (Lipinski definition) is 6. The molecule has 2 N–H and O–H groups in total. The molecule has 1 saturated heterocycles. The van der Waals surface area contributed by atoms with Gasteiger partial charge in [0.2, 0.25) is 5.91 Å². The van der Waals surface area contributed by atoms with Gasteiger partial charge in [-0.05, 0) is 49.2 Å². The van der Waals surface area contributed by atoms with Crippen LogP contribution in [0.3, 0.4) is 0 Å². The number of piperazine rings is 1. The predicted molar refractivity (Wildman–Crippen MR) is 151 cm³/mol.